The quantitative estimate of drug-likeness (QED) is 0.636. The summed E-state index contributed by atoms with van der Waals surface area (Å²) in [6.07, 6.45) is 0. The fourth-order valence-corrected chi connectivity index (χ4v) is 1.58. The van der Waals surface area contributed by atoms with Crippen molar-refractivity contribution < 1.29 is 9.59 Å². The molecule has 1 aliphatic rings. The molecule has 0 saturated carbocycles. The van der Waals surface area contributed by atoms with Crippen LogP contribution in [0.25, 0.3) is 0 Å². The van der Waals surface area contributed by atoms with Crippen LogP contribution in [-0.4, -0.2) is 60.9 Å². The minimum absolute atomic E-state index is 0.0677. The van der Waals surface area contributed by atoms with Crippen LogP contribution in [0.15, 0.2) is 0 Å². The molecule has 1 N–H and O–H groups in total. The Bertz CT molecular complexity index is 247. The van der Waals surface area contributed by atoms with Crippen molar-refractivity contribution in [2.45, 2.75) is 13.0 Å². The molecule has 1 aliphatic heterocycles. The van der Waals surface area contributed by atoms with Gasteiger partial charge >= 0.3 is 0 Å². The first-order chi connectivity index (χ1) is 7.00. The summed E-state index contributed by atoms with van der Waals surface area (Å²) < 4.78 is 0. The zero-order chi connectivity index (χ0) is 11.4. The lowest BCUT2D eigenvalue weighted by Crippen LogP contribution is -2.53. The molecule has 5 nitrogen and oxygen atoms in total. The fourth-order valence-electron chi connectivity index (χ4n) is 1.58. The molecule has 2 radical (unpaired) electrons. The van der Waals surface area contributed by atoms with Gasteiger partial charge < -0.3 is 15.1 Å². The molecule has 1 unspecified atom stereocenters. The number of nitrogens with one attached hydrogen (secondary N) is 1. The van der Waals surface area contributed by atoms with Crippen LogP contribution in [-0.2, 0) is 9.59 Å². The molecular weight excluding hydrogens is 194 g/mol. The first-order valence-electron chi connectivity index (χ1n) is 5.04. The zero-order valence-electron chi connectivity index (χ0n) is 9.19. The number of carbonyl (C=O) groups excluding carboxylic acids is 2. The van der Waals surface area contributed by atoms with Gasteiger partial charge in [-0.15, -0.1) is 0 Å². The van der Waals surface area contributed by atoms with Crippen LogP contribution >= 0.6 is 0 Å². The summed E-state index contributed by atoms with van der Waals surface area (Å²) in [5, 5.41) is 2.39. The maximum Gasteiger partial charge on any atom is 0.244 e. The summed E-state index contributed by atoms with van der Waals surface area (Å²) in [7, 11) is 2.02. The van der Waals surface area contributed by atoms with E-state index in [1.165, 1.54) is 0 Å². The Labute approximate surface area is 90.4 Å². The predicted octanol–water partition coefficient (Wildman–Crippen LogP) is -1.02. The fraction of sp³-hybridized carbons (Fsp3) is 0.700. The van der Waals surface area contributed by atoms with Gasteiger partial charge in [0.1, 0.15) is 6.04 Å². The molecule has 1 saturated heterocycles. The number of hydrogen-bond donors (Lipinski definition) is 1. The smallest absolute Gasteiger partial charge is 0.244 e. The number of amides is 2. The van der Waals surface area contributed by atoms with Gasteiger partial charge in [-0.2, -0.15) is 0 Å². The van der Waals surface area contributed by atoms with Crippen LogP contribution in [0.5, 0.6) is 0 Å². The monoisotopic (exact) mass is 211 g/mol. The Hall–Kier alpha value is -1.10. The highest BCUT2D eigenvalue weighted by atomic mass is 16.2. The van der Waals surface area contributed by atoms with Gasteiger partial charge in [0.05, 0.1) is 6.92 Å². The number of hydrogen-bond acceptors (Lipinski definition) is 3. The minimum atomic E-state index is -0.662. The molecular formula is C10H17N3O2. The Morgan fingerprint density at radius 1 is 1.27 bits per heavy atom. The van der Waals surface area contributed by atoms with E-state index in [1.807, 2.05) is 7.05 Å². The normalized spacial score (nSPS) is 19.8. The molecule has 0 aromatic heterocycles. The molecule has 0 aliphatic carbocycles. The van der Waals surface area contributed by atoms with E-state index in [0.717, 1.165) is 13.1 Å². The lowest BCUT2D eigenvalue weighted by molar-refractivity contribution is -0.136. The molecule has 1 rings (SSSR count). The van der Waals surface area contributed by atoms with E-state index in [9.17, 15) is 9.59 Å². The second kappa shape index (κ2) is 5.11. The highest BCUT2D eigenvalue weighted by molar-refractivity contribution is 5.88. The topological polar surface area (TPSA) is 52.7 Å². The van der Waals surface area contributed by atoms with Crippen molar-refractivity contribution >= 4 is 11.8 Å². The first-order valence-corrected chi connectivity index (χ1v) is 5.04. The van der Waals surface area contributed by atoms with Crippen LogP contribution in [0.4, 0.5) is 0 Å². The second-order valence-corrected chi connectivity index (χ2v) is 3.86. The van der Waals surface area contributed by atoms with Gasteiger partial charge in [-0.1, -0.05) is 0 Å². The third-order valence-electron chi connectivity index (χ3n) is 2.54. The highest BCUT2D eigenvalue weighted by Gasteiger charge is 2.23. The standard InChI is InChI=1S/C10H17N3O2/c1-8(11-9(2)14)10(15)13-6-4-12(3)5-7-13/h2,8H,4-7H2,1,3H3,(H,11,14). The number of carbonyl (C=O) groups is 2. The van der Waals surface area contributed by atoms with E-state index in [1.54, 1.807) is 11.8 Å². The molecule has 2 amide bonds. The van der Waals surface area contributed by atoms with Crippen molar-refractivity contribution in [2.75, 3.05) is 33.2 Å². The van der Waals surface area contributed by atoms with Gasteiger partial charge in [0, 0.05) is 26.2 Å². The van der Waals surface area contributed by atoms with E-state index in [0.29, 0.717) is 13.1 Å². The molecule has 0 bridgehead atoms. The maximum absolute atomic E-state index is 11.8. The lowest BCUT2D eigenvalue weighted by Gasteiger charge is -2.33. The molecule has 1 atom stereocenters. The second-order valence-electron chi connectivity index (χ2n) is 3.86. The van der Waals surface area contributed by atoms with E-state index in [4.69, 9.17) is 6.92 Å². The summed E-state index contributed by atoms with van der Waals surface area (Å²) in [5.41, 5.74) is 0. The van der Waals surface area contributed by atoms with E-state index in [2.05, 4.69) is 10.2 Å². The minimum Gasteiger partial charge on any atom is -0.344 e. The molecule has 0 aromatic rings. The third kappa shape index (κ3) is 3.51. The van der Waals surface area contributed by atoms with E-state index >= 15 is 0 Å². The number of rotatable bonds is 2. The van der Waals surface area contributed by atoms with Gasteiger partial charge in [0.15, 0.2) is 0 Å². The van der Waals surface area contributed by atoms with Crippen LogP contribution in [0.3, 0.4) is 0 Å². The van der Waals surface area contributed by atoms with Crippen molar-refractivity contribution in [3.8, 4) is 0 Å². The largest absolute Gasteiger partial charge is 0.344 e. The number of likely N-dealkylation sites (N-methyl/N-ethyl adjacent to an activating group) is 1. The van der Waals surface area contributed by atoms with Crippen LogP contribution in [0, 0.1) is 6.92 Å². The Kier molecular flexibility index (Phi) is 4.08. The molecule has 0 spiro atoms. The van der Waals surface area contributed by atoms with Crippen molar-refractivity contribution in [1.29, 1.82) is 0 Å². The lowest BCUT2D eigenvalue weighted by atomic mass is 10.2. The van der Waals surface area contributed by atoms with Crippen LogP contribution in [0.1, 0.15) is 6.92 Å². The van der Waals surface area contributed by atoms with Gasteiger partial charge in [0.2, 0.25) is 11.8 Å². The van der Waals surface area contributed by atoms with Gasteiger partial charge in [-0.3, -0.25) is 9.59 Å². The Morgan fingerprint density at radius 3 is 2.27 bits per heavy atom. The summed E-state index contributed by atoms with van der Waals surface area (Å²) in [4.78, 5) is 26.3. The van der Waals surface area contributed by atoms with E-state index < -0.39 is 11.9 Å². The van der Waals surface area contributed by atoms with Crippen molar-refractivity contribution in [3.63, 3.8) is 0 Å². The predicted molar refractivity (Wildman–Crippen MR) is 56.0 cm³/mol. The summed E-state index contributed by atoms with van der Waals surface area (Å²) >= 11 is 0. The third-order valence-corrected chi connectivity index (χ3v) is 2.54. The molecule has 15 heavy (non-hydrogen) atoms. The maximum atomic E-state index is 11.8. The van der Waals surface area contributed by atoms with Crippen LogP contribution in [0.2, 0.25) is 0 Å². The summed E-state index contributed by atoms with van der Waals surface area (Å²) in [6.45, 7) is 9.76. The molecule has 1 heterocycles. The van der Waals surface area contributed by atoms with Crippen molar-refractivity contribution in [2.24, 2.45) is 0 Å². The van der Waals surface area contributed by atoms with Gasteiger partial charge in [0.25, 0.3) is 0 Å². The number of nitrogens with zero attached hydrogens (tertiary/aromatic N) is 2. The number of piperazine rings is 1. The molecule has 1 fully saturated rings. The van der Waals surface area contributed by atoms with Crippen molar-refractivity contribution in [1.82, 2.24) is 15.1 Å². The summed E-state index contributed by atoms with van der Waals surface area (Å²) in [5.74, 6) is -0.730. The average molecular weight is 211 g/mol. The van der Waals surface area contributed by atoms with Gasteiger partial charge in [-0.25, -0.2) is 0 Å². The first kappa shape index (κ1) is 12.0. The molecule has 0 aromatic carbocycles. The zero-order valence-corrected chi connectivity index (χ0v) is 9.19. The van der Waals surface area contributed by atoms with Gasteiger partial charge in [-0.05, 0) is 14.0 Å². The Morgan fingerprint density at radius 2 is 1.80 bits per heavy atom. The molecule has 5 heteroatoms. The molecule has 84 valence electrons. The van der Waals surface area contributed by atoms with E-state index in [-0.39, 0.29) is 5.91 Å². The highest BCUT2D eigenvalue weighted by Crippen LogP contribution is 2.01. The average Bonchev–Trinajstić information content (AvgIpc) is 2.17. The SMILES string of the molecule is [CH]C(=O)NC(C)C(=O)N1CCN(C)CC1. The Balaban J connectivity index is 2.42. The van der Waals surface area contributed by atoms with Crippen LogP contribution < -0.4 is 5.32 Å². The van der Waals surface area contributed by atoms with Crippen molar-refractivity contribution in [3.05, 3.63) is 6.92 Å². The summed E-state index contributed by atoms with van der Waals surface area (Å²) in [6, 6.07) is -0.536.